The van der Waals surface area contributed by atoms with Crippen molar-refractivity contribution in [2.45, 2.75) is 12.5 Å². The highest BCUT2D eigenvalue weighted by Gasteiger charge is 2.17. The van der Waals surface area contributed by atoms with E-state index in [0.717, 1.165) is 16.6 Å². The molecule has 2 aromatic carbocycles. The van der Waals surface area contributed by atoms with Gasteiger partial charge in [0.1, 0.15) is 5.82 Å². The number of nitrogens with two attached hydrogens (primary N) is 1. The Bertz CT molecular complexity index is 797. The van der Waals surface area contributed by atoms with E-state index in [-0.39, 0.29) is 5.02 Å². The lowest BCUT2D eigenvalue weighted by Gasteiger charge is -2.13. The highest BCUT2D eigenvalue weighted by atomic mass is 35.5. The fourth-order valence-electron chi connectivity index (χ4n) is 2.56. The van der Waals surface area contributed by atoms with Crippen LogP contribution in [0.1, 0.15) is 17.3 Å². The molecule has 0 fully saturated rings. The SMILES string of the molecule is Cn1nc(CC(N)c2cccc(F)c2Cl)c2ccccc21. The zero-order valence-electron chi connectivity index (χ0n) is 11.6. The van der Waals surface area contributed by atoms with E-state index in [1.54, 1.807) is 12.1 Å². The van der Waals surface area contributed by atoms with Gasteiger partial charge in [-0.05, 0) is 17.7 Å². The average Bonchev–Trinajstić information content (AvgIpc) is 2.79. The van der Waals surface area contributed by atoms with Crippen molar-refractivity contribution in [3.05, 3.63) is 64.6 Å². The maximum absolute atomic E-state index is 13.5. The van der Waals surface area contributed by atoms with Crippen LogP contribution in [0.4, 0.5) is 4.39 Å². The second kappa shape index (κ2) is 5.47. The lowest BCUT2D eigenvalue weighted by Crippen LogP contribution is -2.15. The first-order valence-electron chi connectivity index (χ1n) is 6.68. The number of halogens is 2. The molecule has 0 saturated heterocycles. The van der Waals surface area contributed by atoms with Gasteiger partial charge < -0.3 is 5.73 Å². The second-order valence-corrected chi connectivity index (χ2v) is 5.42. The average molecular weight is 304 g/mol. The summed E-state index contributed by atoms with van der Waals surface area (Å²) in [6.45, 7) is 0. The molecule has 0 spiro atoms. The number of hydrogen-bond acceptors (Lipinski definition) is 2. The zero-order chi connectivity index (χ0) is 15.0. The van der Waals surface area contributed by atoms with Gasteiger partial charge in [-0.1, -0.05) is 41.9 Å². The number of fused-ring (bicyclic) bond motifs is 1. The van der Waals surface area contributed by atoms with Crippen LogP contribution in [0.5, 0.6) is 0 Å². The molecule has 0 aliphatic carbocycles. The molecule has 0 aliphatic rings. The van der Waals surface area contributed by atoms with Gasteiger partial charge >= 0.3 is 0 Å². The predicted molar refractivity (Wildman–Crippen MR) is 82.8 cm³/mol. The van der Waals surface area contributed by atoms with Crippen molar-refractivity contribution >= 4 is 22.5 Å². The van der Waals surface area contributed by atoms with Gasteiger partial charge in [-0.2, -0.15) is 5.10 Å². The molecule has 21 heavy (non-hydrogen) atoms. The summed E-state index contributed by atoms with van der Waals surface area (Å²) in [5.74, 6) is -0.449. The van der Waals surface area contributed by atoms with Crippen molar-refractivity contribution in [1.82, 2.24) is 9.78 Å². The lowest BCUT2D eigenvalue weighted by molar-refractivity contribution is 0.617. The first-order chi connectivity index (χ1) is 10.1. The Balaban J connectivity index is 1.97. The molecule has 3 nitrogen and oxygen atoms in total. The number of nitrogens with zero attached hydrogens (tertiary/aromatic N) is 2. The third kappa shape index (κ3) is 2.52. The Morgan fingerprint density at radius 3 is 2.81 bits per heavy atom. The Morgan fingerprint density at radius 1 is 1.24 bits per heavy atom. The molecule has 0 aliphatic heterocycles. The van der Waals surface area contributed by atoms with Crippen LogP contribution < -0.4 is 5.73 Å². The van der Waals surface area contributed by atoms with Gasteiger partial charge in [-0.15, -0.1) is 0 Å². The molecule has 5 heteroatoms. The Kier molecular flexibility index (Phi) is 3.66. The van der Waals surface area contributed by atoms with Gasteiger partial charge in [0.15, 0.2) is 0 Å². The van der Waals surface area contributed by atoms with Crippen molar-refractivity contribution in [3.63, 3.8) is 0 Å². The van der Waals surface area contributed by atoms with Crippen LogP contribution in [0.3, 0.4) is 0 Å². The Morgan fingerprint density at radius 2 is 2.00 bits per heavy atom. The molecule has 0 saturated carbocycles. The van der Waals surface area contributed by atoms with E-state index < -0.39 is 11.9 Å². The minimum absolute atomic E-state index is 0.0882. The van der Waals surface area contributed by atoms with E-state index in [0.29, 0.717) is 12.0 Å². The molecule has 0 bridgehead atoms. The van der Waals surface area contributed by atoms with Crippen molar-refractivity contribution in [2.24, 2.45) is 12.8 Å². The zero-order valence-corrected chi connectivity index (χ0v) is 12.3. The van der Waals surface area contributed by atoms with Gasteiger partial charge in [0.2, 0.25) is 0 Å². The largest absolute Gasteiger partial charge is 0.324 e. The summed E-state index contributed by atoms with van der Waals surface area (Å²) >= 11 is 6.00. The van der Waals surface area contributed by atoms with Crippen LogP contribution in [0.2, 0.25) is 5.02 Å². The van der Waals surface area contributed by atoms with E-state index in [1.165, 1.54) is 6.07 Å². The molecule has 1 atom stereocenters. The number of aromatic nitrogens is 2. The fraction of sp³-hybridized carbons (Fsp3) is 0.188. The van der Waals surface area contributed by atoms with Crippen LogP contribution in [0, 0.1) is 5.82 Å². The molecule has 1 aromatic heterocycles. The number of rotatable bonds is 3. The van der Waals surface area contributed by atoms with Crippen molar-refractivity contribution in [2.75, 3.05) is 0 Å². The van der Waals surface area contributed by atoms with Crippen LogP contribution in [-0.2, 0) is 13.5 Å². The first kappa shape index (κ1) is 14.0. The number of aryl methyl sites for hydroxylation is 1. The standard InChI is InChI=1S/C16H15ClFN3/c1-21-15-8-3-2-5-11(15)14(20-21)9-13(19)10-6-4-7-12(18)16(10)17/h2-8,13H,9,19H2,1H3. The maximum Gasteiger partial charge on any atom is 0.142 e. The highest BCUT2D eigenvalue weighted by molar-refractivity contribution is 6.31. The summed E-state index contributed by atoms with van der Waals surface area (Å²) < 4.78 is 15.4. The van der Waals surface area contributed by atoms with E-state index in [4.69, 9.17) is 17.3 Å². The Labute approximate surface area is 127 Å². The van der Waals surface area contributed by atoms with E-state index in [2.05, 4.69) is 5.10 Å². The molecule has 3 rings (SSSR count). The van der Waals surface area contributed by atoms with Crippen LogP contribution in [0.25, 0.3) is 10.9 Å². The quantitative estimate of drug-likeness (QED) is 0.803. The third-order valence-corrected chi connectivity index (χ3v) is 4.03. The van der Waals surface area contributed by atoms with Gasteiger partial charge in [-0.3, -0.25) is 4.68 Å². The van der Waals surface area contributed by atoms with Gasteiger partial charge in [0.25, 0.3) is 0 Å². The van der Waals surface area contributed by atoms with Gasteiger partial charge in [0, 0.05) is 24.9 Å². The second-order valence-electron chi connectivity index (χ2n) is 5.04. The molecular weight excluding hydrogens is 289 g/mol. The summed E-state index contributed by atoms with van der Waals surface area (Å²) in [7, 11) is 1.90. The normalized spacial score (nSPS) is 12.8. The van der Waals surface area contributed by atoms with E-state index >= 15 is 0 Å². The van der Waals surface area contributed by atoms with Gasteiger partial charge in [-0.25, -0.2) is 4.39 Å². The molecule has 108 valence electrons. The number of para-hydroxylation sites is 1. The fourth-order valence-corrected chi connectivity index (χ4v) is 2.83. The molecule has 0 amide bonds. The van der Waals surface area contributed by atoms with Crippen LogP contribution in [-0.4, -0.2) is 9.78 Å². The first-order valence-corrected chi connectivity index (χ1v) is 7.06. The molecule has 1 heterocycles. The van der Waals surface area contributed by atoms with Crippen molar-refractivity contribution < 1.29 is 4.39 Å². The van der Waals surface area contributed by atoms with Crippen LogP contribution >= 0.6 is 11.6 Å². The predicted octanol–water partition coefficient (Wildman–Crippen LogP) is 3.61. The number of hydrogen-bond donors (Lipinski definition) is 1. The van der Waals surface area contributed by atoms with Crippen molar-refractivity contribution in [3.8, 4) is 0 Å². The number of benzene rings is 2. The monoisotopic (exact) mass is 303 g/mol. The maximum atomic E-state index is 13.5. The van der Waals surface area contributed by atoms with Crippen molar-refractivity contribution in [1.29, 1.82) is 0 Å². The minimum atomic E-state index is -0.449. The summed E-state index contributed by atoms with van der Waals surface area (Å²) in [6.07, 6.45) is 0.504. The Hall–Kier alpha value is -1.91. The molecule has 3 aromatic rings. The summed E-state index contributed by atoms with van der Waals surface area (Å²) in [5.41, 5.74) is 8.74. The molecule has 0 radical (unpaired) electrons. The minimum Gasteiger partial charge on any atom is -0.324 e. The topological polar surface area (TPSA) is 43.8 Å². The smallest absolute Gasteiger partial charge is 0.142 e. The van der Waals surface area contributed by atoms with Crippen LogP contribution in [0.15, 0.2) is 42.5 Å². The molecule has 1 unspecified atom stereocenters. The summed E-state index contributed by atoms with van der Waals surface area (Å²) in [4.78, 5) is 0. The third-order valence-electron chi connectivity index (χ3n) is 3.63. The highest BCUT2D eigenvalue weighted by Crippen LogP contribution is 2.28. The van der Waals surface area contributed by atoms with Gasteiger partial charge in [0.05, 0.1) is 16.2 Å². The molecular formula is C16H15ClFN3. The van der Waals surface area contributed by atoms with E-state index in [9.17, 15) is 4.39 Å². The summed E-state index contributed by atoms with van der Waals surface area (Å²) in [5, 5.41) is 5.65. The lowest BCUT2D eigenvalue weighted by atomic mass is 10.0. The van der Waals surface area contributed by atoms with E-state index in [1.807, 2.05) is 36.0 Å². The molecule has 2 N–H and O–H groups in total. The summed E-state index contributed by atoms with van der Waals surface area (Å²) in [6, 6.07) is 12.3.